The lowest BCUT2D eigenvalue weighted by atomic mass is 10.2. The molecule has 0 radical (unpaired) electrons. The predicted octanol–water partition coefficient (Wildman–Crippen LogP) is 2.93. The highest BCUT2D eigenvalue weighted by Crippen LogP contribution is 2.27. The molecule has 1 aliphatic rings. The molecule has 140 valence electrons. The van der Waals surface area contributed by atoms with E-state index < -0.39 is 0 Å². The molecule has 0 bridgehead atoms. The summed E-state index contributed by atoms with van der Waals surface area (Å²) in [6, 6.07) is 13.2. The fraction of sp³-hybridized carbons (Fsp3) is 0.300. The highest BCUT2D eigenvalue weighted by molar-refractivity contribution is 6.31. The van der Waals surface area contributed by atoms with Crippen LogP contribution in [-0.4, -0.2) is 49.4 Å². The maximum Gasteiger partial charge on any atom is 0.162 e. The average Bonchev–Trinajstić information content (AvgIpc) is 2.69. The van der Waals surface area contributed by atoms with Gasteiger partial charge in [-0.05, 0) is 42.5 Å². The summed E-state index contributed by atoms with van der Waals surface area (Å²) >= 11 is 12.2. The molecular formula is C20H21Cl2N4O+. The lowest BCUT2D eigenvalue weighted by Gasteiger charge is -2.24. The molecule has 0 unspecified atom stereocenters. The number of nitrogens with one attached hydrogen (secondary N) is 2. The summed E-state index contributed by atoms with van der Waals surface area (Å²) in [6.45, 7) is 5.65. The van der Waals surface area contributed by atoms with E-state index in [2.05, 4.69) is 5.32 Å². The van der Waals surface area contributed by atoms with Crippen LogP contribution < -0.4 is 10.2 Å². The van der Waals surface area contributed by atoms with Crippen LogP contribution >= 0.6 is 23.2 Å². The number of rotatable bonds is 5. The number of ether oxygens (including phenoxy) is 1. The van der Waals surface area contributed by atoms with E-state index in [1.807, 2.05) is 42.5 Å². The van der Waals surface area contributed by atoms with E-state index in [0.29, 0.717) is 15.9 Å². The zero-order chi connectivity index (χ0) is 18.6. The van der Waals surface area contributed by atoms with Gasteiger partial charge in [0.15, 0.2) is 5.82 Å². The fourth-order valence-electron chi connectivity index (χ4n) is 3.23. The normalized spacial score (nSPS) is 15.2. The Balaban J connectivity index is 1.61. The van der Waals surface area contributed by atoms with Crippen molar-refractivity contribution in [3.8, 4) is 11.4 Å². The Hall–Kier alpha value is -1.92. The minimum absolute atomic E-state index is 0.655. The van der Waals surface area contributed by atoms with Gasteiger partial charge in [-0.2, -0.15) is 0 Å². The van der Waals surface area contributed by atoms with Gasteiger partial charge in [-0.3, -0.25) is 0 Å². The summed E-state index contributed by atoms with van der Waals surface area (Å²) in [7, 11) is 0. The van der Waals surface area contributed by atoms with Crippen LogP contribution in [0.3, 0.4) is 0 Å². The molecule has 5 nitrogen and oxygen atoms in total. The van der Waals surface area contributed by atoms with E-state index in [4.69, 9.17) is 37.9 Å². The molecule has 1 saturated heterocycles. The first kappa shape index (κ1) is 18.4. The van der Waals surface area contributed by atoms with Crippen LogP contribution in [-0.2, 0) is 4.74 Å². The third kappa shape index (κ3) is 4.50. The standard InChI is InChI=1S/C20H20Cl2N4O/c21-15-3-1-14(2-4-15)19-24-18-13-16(22)5-6-17(18)20(25-19)23-7-8-26-9-11-27-12-10-26/h1-6,13H,7-12H2,(H,23,24,25)/p+1. The molecule has 0 aliphatic carbocycles. The van der Waals surface area contributed by atoms with Gasteiger partial charge < -0.3 is 15.0 Å². The van der Waals surface area contributed by atoms with E-state index >= 15 is 0 Å². The highest BCUT2D eigenvalue weighted by atomic mass is 35.5. The van der Waals surface area contributed by atoms with E-state index in [-0.39, 0.29) is 0 Å². The molecule has 2 N–H and O–H groups in total. The number of nitrogens with zero attached hydrogens (tertiary/aromatic N) is 2. The second-order valence-corrected chi connectivity index (χ2v) is 7.48. The van der Waals surface area contributed by atoms with Gasteiger partial charge in [0.1, 0.15) is 18.9 Å². The van der Waals surface area contributed by atoms with Crippen LogP contribution in [0.2, 0.25) is 10.0 Å². The molecule has 4 rings (SSSR count). The number of benzene rings is 2. The molecule has 0 atom stereocenters. The van der Waals surface area contributed by atoms with Crippen molar-refractivity contribution in [2.75, 3.05) is 44.7 Å². The highest BCUT2D eigenvalue weighted by Gasteiger charge is 2.14. The van der Waals surface area contributed by atoms with Gasteiger partial charge in [0.2, 0.25) is 0 Å². The van der Waals surface area contributed by atoms with Crippen LogP contribution in [0.1, 0.15) is 0 Å². The Bertz CT molecular complexity index is 927. The predicted molar refractivity (Wildman–Crippen MR) is 110 cm³/mol. The summed E-state index contributed by atoms with van der Waals surface area (Å²) in [5, 5.41) is 5.81. The third-order valence-electron chi connectivity index (χ3n) is 4.73. The number of hydrogen-bond acceptors (Lipinski definition) is 4. The summed E-state index contributed by atoms with van der Waals surface area (Å²) in [4.78, 5) is 11.0. The lowest BCUT2D eigenvalue weighted by Crippen LogP contribution is -3.14. The molecule has 2 heterocycles. The van der Waals surface area contributed by atoms with Crippen LogP contribution in [0.4, 0.5) is 5.82 Å². The first-order chi connectivity index (χ1) is 13.2. The Morgan fingerprint density at radius 3 is 2.48 bits per heavy atom. The maximum atomic E-state index is 6.18. The number of fused-ring (bicyclic) bond motifs is 1. The molecule has 0 spiro atoms. The fourth-order valence-corrected chi connectivity index (χ4v) is 3.53. The number of aromatic nitrogens is 2. The van der Waals surface area contributed by atoms with Gasteiger partial charge in [0, 0.05) is 21.0 Å². The number of halogens is 2. The summed E-state index contributed by atoms with van der Waals surface area (Å²) < 4.78 is 5.42. The Morgan fingerprint density at radius 2 is 1.70 bits per heavy atom. The molecule has 27 heavy (non-hydrogen) atoms. The zero-order valence-electron chi connectivity index (χ0n) is 14.8. The third-order valence-corrected chi connectivity index (χ3v) is 5.22. The van der Waals surface area contributed by atoms with Crippen molar-refractivity contribution < 1.29 is 9.64 Å². The monoisotopic (exact) mass is 403 g/mol. The first-order valence-corrected chi connectivity index (χ1v) is 9.83. The topological polar surface area (TPSA) is 51.5 Å². The number of hydrogen-bond donors (Lipinski definition) is 2. The van der Waals surface area contributed by atoms with Gasteiger partial charge in [-0.25, -0.2) is 9.97 Å². The number of quaternary nitrogens is 1. The molecule has 7 heteroatoms. The largest absolute Gasteiger partial charge is 0.370 e. The van der Waals surface area contributed by atoms with Crippen LogP contribution in [0.15, 0.2) is 42.5 Å². The van der Waals surface area contributed by atoms with Crippen molar-refractivity contribution in [2.45, 2.75) is 0 Å². The molecule has 1 aromatic heterocycles. The van der Waals surface area contributed by atoms with Gasteiger partial charge in [-0.1, -0.05) is 23.2 Å². The second-order valence-electron chi connectivity index (χ2n) is 6.60. The van der Waals surface area contributed by atoms with Crippen molar-refractivity contribution in [3.63, 3.8) is 0 Å². The minimum Gasteiger partial charge on any atom is -0.370 e. The van der Waals surface area contributed by atoms with Crippen molar-refractivity contribution in [2.24, 2.45) is 0 Å². The molecular weight excluding hydrogens is 383 g/mol. The van der Waals surface area contributed by atoms with Gasteiger partial charge in [-0.15, -0.1) is 0 Å². The number of morpholine rings is 1. The van der Waals surface area contributed by atoms with E-state index in [1.54, 1.807) is 4.90 Å². The summed E-state index contributed by atoms with van der Waals surface area (Å²) in [5.41, 5.74) is 1.74. The van der Waals surface area contributed by atoms with Crippen molar-refractivity contribution in [3.05, 3.63) is 52.5 Å². The van der Waals surface area contributed by atoms with E-state index in [0.717, 1.165) is 61.7 Å². The average molecular weight is 404 g/mol. The van der Waals surface area contributed by atoms with Gasteiger partial charge in [0.05, 0.1) is 31.8 Å². The first-order valence-electron chi connectivity index (χ1n) is 9.07. The van der Waals surface area contributed by atoms with Gasteiger partial charge in [0.25, 0.3) is 0 Å². The Labute approximate surface area is 168 Å². The Morgan fingerprint density at radius 1 is 0.963 bits per heavy atom. The SMILES string of the molecule is Clc1ccc(-c2nc(NCC[NH+]3CCOCC3)c3ccc(Cl)cc3n2)cc1. The second kappa shape index (κ2) is 8.40. The smallest absolute Gasteiger partial charge is 0.162 e. The Kier molecular flexibility index (Phi) is 5.74. The lowest BCUT2D eigenvalue weighted by molar-refractivity contribution is -0.906. The molecule has 0 amide bonds. The van der Waals surface area contributed by atoms with Crippen LogP contribution in [0.25, 0.3) is 22.3 Å². The molecule has 2 aromatic carbocycles. The summed E-state index contributed by atoms with van der Waals surface area (Å²) in [6.07, 6.45) is 0. The van der Waals surface area contributed by atoms with Crippen LogP contribution in [0, 0.1) is 0 Å². The van der Waals surface area contributed by atoms with Crippen LogP contribution in [0.5, 0.6) is 0 Å². The zero-order valence-corrected chi connectivity index (χ0v) is 16.4. The van der Waals surface area contributed by atoms with E-state index in [1.165, 1.54) is 0 Å². The molecule has 1 aliphatic heterocycles. The van der Waals surface area contributed by atoms with Crippen molar-refractivity contribution in [1.29, 1.82) is 0 Å². The molecule has 0 saturated carbocycles. The van der Waals surface area contributed by atoms with E-state index in [9.17, 15) is 0 Å². The quantitative estimate of drug-likeness (QED) is 0.687. The summed E-state index contributed by atoms with van der Waals surface area (Å²) in [5.74, 6) is 1.48. The van der Waals surface area contributed by atoms with Gasteiger partial charge >= 0.3 is 0 Å². The minimum atomic E-state index is 0.655. The number of anilines is 1. The molecule has 3 aromatic rings. The van der Waals surface area contributed by atoms with Crippen molar-refractivity contribution in [1.82, 2.24) is 9.97 Å². The molecule has 1 fully saturated rings. The maximum absolute atomic E-state index is 6.18. The van der Waals surface area contributed by atoms with Crippen molar-refractivity contribution >= 4 is 39.9 Å².